The van der Waals surface area contributed by atoms with E-state index >= 15 is 0 Å². The van der Waals surface area contributed by atoms with E-state index in [0.29, 0.717) is 19.3 Å². The number of unbranched alkanes of at least 4 members (excludes halogenated alkanes) is 42. The number of esters is 3. The van der Waals surface area contributed by atoms with Crippen LogP contribution in [0.2, 0.25) is 0 Å². The van der Waals surface area contributed by atoms with E-state index in [1.165, 1.54) is 231 Å². The van der Waals surface area contributed by atoms with Crippen molar-refractivity contribution in [3.05, 3.63) is 60.8 Å². The fraction of sp³-hybridized carbons (Fsp3) is 0.819. The fourth-order valence-electron chi connectivity index (χ4n) is 10.1. The van der Waals surface area contributed by atoms with E-state index in [1.54, 1.807) is 0 Å². The van der Waals surface area contributed by atoms with Crippen LogP contribution in [0.15, 0.2) is 60.8 Å². The van der Waals surface area contributed by atoms with Gasteiger partial charge in [0.1, 0.15) is 13.2 Å². The maximum absolute atomic E-state index is 12.9. The molecule has 454 valence electrons. The van der Waals surface area contributed by atoms with Gasteiger partial charge in [0.2, 0.25) is 0 Å². The fourth-order valence-corrected chi connectivity index (χ4v) is 10.1. The third kappa shape index (κ3) is 63.9. The van der Waals surface area contributed by atoms with E-state index in [-0.39, 0.29) is 31.1 Å². The van der Waals surface area contributed by atoms with Crippen molar-refractivity contribution in [3.8, 4) is 0 Å². The molecule has 0 radical (unpaired) electrons. The highest BCUT2D eigenvalue weighted by Crippen LogP contribution is 2.18. The minimum absolute atomic E-state index is 0.0715. The lowest BCUT2D eigenvalue weighted by atomic mass is 10.0. The highest BCUT2D eigenvalue weighted by atomic mass is 16.6. The van der Waals surface area contributed by atoms with Crippen LogP contribution in [0.4, 0.5) is 0 Å². The first-order valence-electron chi connectivity index (χ1n) is 34.3. The van der Waals surface area contributed by atoms with Crippen LogP contribution >= 0.6 is 0 Å². The lowest BCUT2D eigenvalue weighted by Crippen LogP contribution is -2.30. The summed E-state index contributed by atoms with van der Waals surface area (Å²) >= 11 is 0. The van der Waals surface area contributed by atoms with Gasteiger partial charge in [0.15, 0.2) is 6.10 Å². The molecule has 6 heteroatoms. The molecular weight excluding hydrogens is 961 g/mol. The van der Waals surface area contributed by atoms with Crippen LogP contribution in [-0.4, -0.2) is 37.2 Å². The average Bonchev–Trinajstić information content (AvgIpc) is 3.44. The Balaban J connectivity index is 4.22. The van der Waals surface area contributed by atoms with Gasteiger partial charge >= 0.3 is 17.9 Å². The summed E-state index contributed by atoms with van der Waals surface area (Å²) in [7, 11) is 0. The predicted octanol–water partition coefficient (Wildman–Crippen LogP) is 23.5. The molecule has 0 heterocycles. The van der Waals surface area contributed by atoms with Crippen LogP contribution in [0.3, 0.4) is 0 Å². The Bertz CT molecular complexity index is 1390. The number of carbonyl (C=O) groups is 3. The molecular formula is C72H130O6. The minimum atomic E-state index is -0.775. The Hall–Kier alpha value is -2.89. The number of ether oxygens (including phenoxy) is 3. The predicted molar refractivity (Wildman–Crippen MR) is 339 cm³/mol. The molecule has 0 amide bonds. The number of allylic oxidation sites excluding steroid dienone is 10. The Kier molecular flexibility index (Phi) is 64.2. The zero-order chi connectivity index (χ0) is 56.4. The zero-order valence-electron chi connectivity index (χ0n) is 52.2. The second kappa shape index (κ2) is 66.6. The van der Waals surface area contributed by atoms with Crippen LogP contribution < -0.4 is 0 Å². The molecule has 78 heavy (non-hydrogen) atoms. The maximum Gasteiger partial charge on any atom is 0.306 e. The van der Waals surface area contributed by atoms with E-state index in [0.717, 1.165) is 89.9 Å². The van der Waals surface area contributed by atoms with Crippen LogP contribution in [0.25, 0.3) is 0 Å². The first-order chi connectivity index (χ1) is 38.5. The van der Waals surface area contributed by atoms with Crippen molar-refractivity contribution in [3.63, 3.8) is 0 Å². The molecule has 0 aliphatic rings. The normalized spacial score (nSPS) is 12.4. The molecule has 0 aliphatic carbocycles. The Morgan fingerprint density at radius 1 is 0.269 bits per heavy atom. The second-order valence-corrected chi connectivity index (χ2v) is 23.1. The summed E-state index contributed by atoms with van der Waals surface area (Å²) in [5, 5.41) is 0. The maximum atomic E-state index is 12.9. The van der Waals surface area contributed by atoms with Crippen LogP contribution in [0.1, 0.15) is 361 Å². The largest absolute Gasteiger partial charge is 0.462 e. The van der Waals surface area contributed by atoms with E-state index in [9.17, 15) is 14.4 Å². The summed E-state index contributed by atoms with van der Waals surface area (Å²) < 4.78 is 17.0. The number of carbonyl (C=O) groups excluding carboxylic acids is 3. The molecule has 1 unspecified atom stereocenters. The molecule has 0 N–H and O–H groups in total. The van der Waals surface area contributed by atoms with E-state index < -0.39 is 6.10 Å². The molecule has 0 aromatic carbocycles. The van der Waals surface area contributed by atoms with Crippen molar-refractivity contribution in [1.29, 1.82) is 0 Å². The lowest BCUT2D eigenvalue weighted by molar-refractivity contribution is -0.167. The third-order valence-corrected chi connectivity index (χ3v) is 15.3. The van der Waals surface area contributed by atoms with Gasteiger partial charge in [0, 0.05) is 19.3 Å². The van der Waals surface area contributed by atoms with Crippen molar-refractivity contribution in [1.82, 2.24) is 0 Å². The SMILES string of the molecule is CC/C=C\C/C=C\C/C=C\C/C=C\CCCCCCCCCCCCCCCCCCC(=O)OCC(COC(=O)CCCCCCC/C=C\CCCCCCCC)OC(=O)CCCCCCCCCCCCCCCCCC. The van der Waals surface area contributed by atoms with Gasteiger partial charge in [-0.3, -0.25) is 14.4 Å². The second-order valence-electron chi connectivity index (χ2n) is 23.1. The highest BCUT2D eigenvalue weighted by molar-refractivity contribution is 5.71. The minimum Gasteiger partial charge on any atom is -0.462 e. The molecule has 0 spiro atoms. The molecule has 0 aromatic heterocycles. The number of hydrogen-bond acceptors (Lipinski definition) is 6. The van der Waals surface area contributed by atoms with E-state index in [2.05, 4.69) is 81.5 Å². The molecule has 0 aromatic rings. The van der Waals surface area contributed by atoms with Gasteiger partial charge in [-0.25, -0.2) is 0 Å². The molecule has 0 saturated carbocycles. The van der Waals surface area contributed by atoms with Gasteiger partial charge < -0.3 is 14.2 Å². The van der Waals surface area contributed by atoms with Crippen molar-refractivity contribution in [2.24, 2.45) is 0 Å². The van der Waals surface area contributed by atoms with Gasteiger partial charge in [0.05, 0.1) is 0 Å². The molecule has 6 nitrogen and oxygen atoms in total. The van der Waals surface area contributed by atoms with Gasteiger partial charge in [-0.05, 0) is 83.5 Å². The summed E-state index contributed by atoms with van der Waals surface area (Å²) in [4.78, 5) is 38.4. The molecule has 0 aliphatic heterocycles. The summed E-state index contributed by atoms with van der Waals surface area (Å²) in [6.45, 7) is 6.57. The summed E-state index contributed by atoms with van der Waals surface area (Å²) in [6, 6.07) is 0. The zero-order valence-corrected chi connectivity index (χ0v) is 52.2. The first-order valence-corrected chi connectivity index (χ1v) is 34.3. The summed E-state index contributed by atoms with van der Waals surface area (Å²) in [5.74, 6) is -0.856. The van der Waals surface area contributed by atoms with Crippen LogP contribution in [0.5, 0.6) is 0 Å². The van der Waals surface area contributed by atoms with Crippen LogP contribution in [-0.2, 0) is 28.6 Å². The van der Waals surface area contributed by atoms with Crippen molar-refractivity contribution in [2.45, 2.75) is 367 Å². The number of hydrogen-bond donors (Lipinski definition) is 0. The smallest absolute Gasteiger partial charge is 0.306 e. The van der Waals surface area contributed by atoms with Crippen molar-refractivity contribution in [2.75, 3.05) is 13.2 Å². The quantitative estimate of drug-likeness (QED) is 0.0261. The van der Waals surface area contributed by atoms with E-state index in [4.69, 9.17) is 14.2 Å². The van der Waals surface area contributed by atoms with Gasteiger partial charge in [0.25, 0.3) is 0 Å². The summed E-state index contributed by atoms with van der Waals surface area (Å²) in [5.41, 5.74) is 0. The van der Waals surface area contributed by atoms with Crippen molar-refractivity contribution >= 4 is 17.9 Å². The lowest BCUT2D eigenvalue weighted by Gasteiger charge is -2.18. The number of rotatable bonds is 63. The van der Waals surface area contributed by atoms with Crippen molar-refractivity contribution < 1.29 is 28.6 Å². The van der Waals surface area contributed by atoms with Crippen LogP contribution in [0, 0.1) is 0 Å². The first kappa shape index (κ1) is 75.1. The van der Waals surface area contributed by atoms with Gasteiger partial charge in [-0.1, -0.05) is 319 Å². The third-order valence-electron chi connectivity index (χ3n) is 15.3. The Morgan fingerprint density at radius 3 is 0.795 bits per heavy atom. The Morgan fingerprint density at radius 2 is 0.500 bits per heavy atom. The average molecular weight is 1090 g/mol. The molecule has 0 bridgehead atoms. The highest BCUT2D eigenvalue weighted by Gasteiger charge is 2.19. The standard InChI is InChI=1S/C72H130O6/c1-4-7-10-13-16-19-22-25-28-30-31-32-33-34-35-36-37-38-39-40-41-42-45-47-50-53-56-59-62-65-71(74)77-68-69(67-76-70(73)64-61-58-55-52-49-46-43-27-24-21-18-15-12-9-6-3)78-72(75)66-63-60-57-54-51-48-44-29-26-23-20-17-14-11-8-5-2/h7,10,16,19,25,27-28,31-32,43,69H,4-6,8-9,11-15,17-18,20-24,26,29-30,33-42,44-68H2,1-3H3/b10-7-,19-16-,28-25-,32-31-,43-27-. The van der Waals surface area contributed by atoms with Gasteiger partial charge in [-0.2, -0.15) is 0 Å². The molecule has 0 rings (SSSR count). The Labute approximate surface area is 485 Å². The van der Waals surface area contributed by atoms with Gasteiger partial charge in [-0.15, -0.1) is 0 Å². The molecule has 1 atom stereocenters. The molecule has 0 saturated heterocycles. The topological polar surface area (TPSA) is 78.9 Å². The van der Waals surface area contributed by atoms with E-state index in [1.807, 2.05) is 0 Å². The monoisotopic (exact) mass is 1090 g/mol. The molecule has 0 fully saturated rings. The summed E-state index contributed by atoms with van der Waals surface area (Å²) in [6.07, 6.45) is 85.3.